The molecule has 0 aliphatic carbocycles. The lowest BCUT2D eigenvalue weighted by Crippen LogP contribution is -2.37. The fraction of sp³-hybridized carbons (Fsp3) is 0.500. The molecule has 2 nitrogen and oxygen atoms in total. The molecule has 1 saturated heterocycles. The molecular weight excluding hydrogens is 191 g/mol. The Balaban J connectivity index is 2.06. The first-order valence-electron chi connectivity index (χ1n) is 5.53. The zero-order valence-electron chi connectivity index (χ0n) is 8.62. The van der Waals surface area contributed by atoms with Gasteiger partial charge in [0.1, 0.15) is 5.82 Å². The second kappa shape index (κ2) is 3.29. The molecule has 2 heterocycles. The summed E-state index contributed by atoms with van der Waals surface area (Å²) in [5.41, 5.74) is 8.50. The fourth-order valence-electron chi connectivity index (χ4n) is 2.90. The van der Waals surface area contributed by atoms with Crippen LogP contribution in [0.1, 0.15) is 23.6 Å². The van der Waals surface area contributed by atoms with Gasteiger partial charge in [-0.25, -0.2) is 4.39 Å². The van der Waals surface area contributed by atoms with E-state index in [1.807, 2.05) is 6.07 Å². The standard InChI is InChI=1S/C12H15FN2/c13-9-1-2-10-8(7-9)3-5-15-6-4-11(14)12(10)15/h1-2,7,11-12H,3-6,14H2/t11-,12+/m1/s1. The molecule has 2 atom stereocenters. The fourth-order valence-corrected chi connectivity index (χ4v) is 2.90. The molecule has 3 rings (SSSR count). The zero-order valence-corrected chi connectivity index (χ0v) is 8.62. The molecule has 15 heavy (non-hydrogen) atoms. The molecule has 0 spiro atoms. The minimum absolute atomic E-state index is 0.131. The SMILES string of the molecule is N[C@@H]1CCN2CCc3cc(F)ccc3[C@@H]12. The summed E-state index contributed by atoms with van der Waals surface area (Å²) in [7, 11) is 0. The largest absolute Gasteiger partial charge is 0.326 e. The van der Waals surface area contributed by atoms with Crippen LogP contribution in [0.2, 0.25) is 0 Å². The molecule has 2 aliphatic rings. The van der Waals surface area contributed by atoms with Crippen molar-refractivity contribution in [2.24, 2.45) is 5.73 Å². The van der Waals surface area contributed by atoms with Gasteiger partial charge in [-0.1, -0.05) is 6.07 Å². The molecule has 2 aliphatic heterocycles. The third-order valence-corrected chi connectivity index (χ3v) is 3.64. The Morgan fingerprint density at radius 2 is 2.20 bits per heavy atom. The molecule has 0 amide bonds. The van der Waals surface area contributed by atoms with E-state index in [2.05, 4.69) is 4.90 Å². The molecular formula is C12H15FN2. The maximum Gasteiger partial charge on any atom is 0.123 e. The van der Waals surface area contributed by atoms with Crippen LogP contribution in [0.3, 0.4) is 0 Å². The van der Waals surface area contributed by atoms with Crippen LogP contribution >= 0.6 is 0 Å². The lowest BCUT2D eigenvalue weighted by molar-refractivity contribution is 0.234. The first-order valence-corrected chi connectivity index (χ1v) is 5.53. The monoisotopic (exact) mass is 206 g/mol. The summed E-state index contributed by atoms with van der Waals surface area (Å²) in [6, 6.07) is 5.67. The van der Waals surface area contributed by atoms with E-state index in [1.165, 1.54) is 5.56 Å². The van der Waals surface area contributed by atoms with Crippen LogP contribution in [0.15, 0.2) is 18.2 Å². The van der Waals surface area contributed by atoms with Crippen molar-refractivity contribution in [2.45, 2.75) is 24.9 Å². The Bertz CT molecular complexity index is 391. The van der Waals surface area contributed by atoms with Gasteiger partial charge in [0.2, 0.25) is 0 Å². The summed E-state index contributed by atoms with van der Waals surface area (Å²) in [5.74, 6) is -0.131. The lowest BCUT2D eigenvalue weighted by Gasteiger charge is -2.33. The maximum atomic E-state index is 13.1. The first kappa shape index (κ1) is 9.31. The number of nitrogens with zero attached hydrogens (tertiary/aromatic N) is 1. The summed E-state index contributed by atoms with van der Waals surface area (Å²) in [6.45, 7) is 2.11. The van der Waals surface area contributed by atoms with E-state index in [-0.39, 0.29) is 11.9 Å². The summed E-state index contributed by atoms with van der Waals surface area (Å²) in [6.07, 6.45) is 2.01. The van der Waals surface area contributed by atoms with Crippen molar-refractivity contribution in [1.82, 2.24) is 4.90 Å². The molecule has 0 unspecified atom stereocenters. The highest BCUT2D eigenvalue weighted by Crippen LogP contribution is 2.36. The van der Waals surface area contributed by atoms with Crippen molar-refractivity contribution in [3.05, 3.63) is 35.1 Å². The van der Waals surface area contributed by atoms with Crippen molar-refractivity contribution < 1.29 is 4.39 Å². The molecule has 3 heteroatoms. The first-order chi connectivity index (χ1) is 7.25. The second-order valence-electron chi connectivity index (χ2n) is 4.53. The van der Waals surface area contributed by atoms with E-state index in [1.54, 1.807) is 12.1 Å². The topological polar surface area (TPSA) is 29.3 Å². The second-order valence-corrected chi connectivity index (χ2v) is 4.53. The Labute approximate surface area is 88.9 Å². The van der Waals surface area contributed by atoms with Crippen LogP contribution in [0.25, 0.3) is 0 Å². The number of rotatable bonds is 0. The summed E-state index contributed by atoms with van der Waals surface area (Å²) >= 11 is 0. The molecule has 1 aromatic carbocycles. The normalized spacial score (nSPS) is 30.0. The van der Waals surface area contributed by atoms with Crippen molar-refractivity contribution >= 4 is 0 Å². The van der Waals surface area contributed by atoms with Gasteiger partial charge in [-0.05, 0) is 36.1 Å². The highest BCUT2D eigenvalue weighted by molar-refractivity contribution is 5.35. The predicted molar refractivity (Wildman–Crippen MR) is 57.0 cm³/mol. The van der Waals surface area contributed by atoms with Crippen LogP contribution in [0, 0.1) is 5.82 Å². The van der Waals surface area contributed by atoms with Gasteiger partial charge in [0.05, 0.1) is 6.04 Å². The lowest BCUT2D eigenvalue weighted by atomic mass is 9.91. The molecule has 0 aromatic heterocycles. The highest BCUT2D eigenvalue weighted by atomic mass is 19.1. The number of halogens is 1. The van der Waals surface area contributed by atoms with E-state index in [0.29, 0.717) is 6.04 Å². The Hall–Kier alpha value is -0.930. The van der Waals surface area contributed by atoms with Gasteiger partial charge in [-0.3, -0.25) is 4.90 Å². The third kappa shape index (κ3) is 1.38. The molecule has 1 fully saturated rings. The van der Waals surface area contributed by atoms with Gasteiger partial charge < -0.3 is 5.73 Å². The van der Waals surface area contributed by atoms with E-state index in [0.717, 1.165) is 31.5 Å². The molecule has 0 saturated carbocycles. The van der Waals surface area contributed by atoms with Gasteiger partial charge in [0.25, 0.3) is 0 Å². The molecule has 2 N–H and O–H groups in total. The van der Waals surface area contributed by atoms with Crippen molar-refractivity contribution in [3.63, 3.8) is 0 Å². The number of fused-ring (bicyclic) bond motifs is 3. The van der Waals surface area contributed by atoms with E-state index in [9.17, 15) is 4.39 Å². The van der Waals surface area contributed by atoms with E-state index >= 15 is 0 Å². The van der Waals surface area contributed by atoms with Crippen LogP contribution in [-0.4, -0.2) is 24.0 Å². The molecule has 0 bridgehead atoms. The van der Waals surface area contributed by atoms with Gasteiger partial charge in [0, 0.05) is 19.1 Å². The summed E-state index contributed by atoms with van der Waals surface area (Å²) in [4.78, 5) is 2.42. The number of hydrogen-bond donors (Lipinski definition) is 1. The number of benzene rings is 1. The molecule has 80 valence electrons. The maximum absolute atomic E-state index is 13.1. The average Bonchev–Trinajstić information content (AvgIpc) is 2.60. The van der Waals surface area contributed by atoms with Crippen molar-refractivity contribution in [1.29, 1.82) is 0 Å². The summed E-state index contributed by atoms with van der Waals surface area (Å²) in [5, 5.41) is 0. The van der Waals surface area contributed by atoms with Crippen LogP contribution in [0.5, 0.6) is 0 Å². The summed E-state index contributed by atoms with van der Waals surface area (Å²) < 4.78 is 13.1. The number of nitrogens with two attached hydrogens (primary N) is 1. The average molecular weight is 206 g/mol. The Morgan fingerprint density at radius 3 is 3.07 bits per heavy atom. The third-order valence-electron chi connectivity index (χ3n) is 3.64. The minimum atomic E-state index is -0.131. The van der Waals surface area contributed by atoms with Gasteiger partial charge >= 0.3 is 0 Å². The van der Waals surface area contributed by atoms with Crippen LogP contribution in [-0.2, 0) is 6.42 Å². The van der Waals surface area contributed by atoms with Crippen molar-refractivity contribution in [2.75, 3.05) is 13.1 Å². The van der Waals surface area contributed by atoms with Crippen LogP contribution in [0.4, 0.5) is 4.39 Å². The Kier molecular flexibility index (Phi) is 2.04. The van der Waals surface area contributed by atoms with Gasteiger partial charge in [0.15, 0.2) is 0 Å². The van der Waals surface area contributed by atoms with Gasteiger partial charge in [-0.15, -0.1) is 0 Å². The highest BCUT2D eigenvalue weighted by Gasteiger charge is 2.36. The number of hydrogen-bond acceptors (Lipinski definition) is 2. The van der Waals surface area contributed by atoms with E-state index < -0.39 is 0 Å². The van der Waals surface area contributed by atoms with Gasteiger partial charge in [-0.2, -0.15) is 0 Å². The Morgan fingerprint density at radius 1 is 1.33 bits per heavy atom. The quantitative estimate of drug-likeness (QED) is 0.696. The van der Waals surface area contributed by atoms with E-state index in [4.69, 9.17) is 5.73 Å². The molecule has 1 aromatic rings. The smallest absolute Gasteiger partial charge is 0.123 e. The predicted octanol–water partition coefficient (Wildman–Crippen LogP) is 1.46. The molecule has 0 radical (unpaired) electrons. The minimum Gasteiger partial charge on any atom is -0.326 e. The van der Waals surface area contributed by atoms with Crippen LogP contribution < -0.4 is 5.73 Å². The zero-order chi connectivity index (χ0) is 10.4. The van der Waals surface area contributed by atoms with Crippen molar-refractivity contribution in [3.8, 4) is 0 Å².